The minimum atomic E-state index is 1.04. The highest BCUT2D eigenvalue weighted by Crippen LogP contribution is 2.19. The predicted octanol–water partition coefficient (Wildman–Crippen LogP) is 3.20. The molecule has 12 heavy (non-hydrogen) atoms. The maximum atomic E-state index is 4.04. The van der Waals surface area contributed by atoms with Crippen molar-refractivity contribution in [2.24, 2.45) is 0 Å². The van der Waals surface area contributed by atoms with Crippen molar-refractivity contribution in [3.63, 3.8) is 0 Å². The number of rotatable bonds is 4. The van der Waals surface area contributed by atoms with Crippen LogP contribution in [0.15, 0.2) is 23.4 Å². The number of nitrogens with zero attached hydrogens (tertiary/aromatic N) is 1. The third-order valence-electron chi connectivity index (χ3n) is 2.26. The highest BCUT2D eigenvalue weighted by atomic mass is 15.1. The molecule has 0 aliphatic carbocycles. The summed E-state index contributed by atoms with van der Waals surface area (Å²) in [6.45, 7) is 10.5. The summed E-state index contributed by atoms with van der Waals surface area (Å²) in [4.78, 5) is 2.18. The van der Waals surface area contributed by atoms with E-state index in [1.165, 1.54) is 16.8 Å². The van der Waals surface area contributed by atoms with Crippen LogP contribution < -0.4 is 0 Å². The van der Waals surface area contributed by atoms with Crippen molar-refractivity contribution in [1.29, 1.82) is 0 Å². The fourth-order valence-corrected chi connectivity index (χ4v) is 1.39. The van der Waals surface area contributed by atoms with E-state index < -0.39 is 0 Å². The van der Waals surface area contributed by atoms with Crippen LogP contribution in [0.5, 0.6) is 0 Å². The van der Waals surface area contributed by atoms with Crippen LogP contribution in [0.3, 0.4) is 0 Å². The molecule has 0 radical (unpaired) electrons. The number of hydrogen-bond acceptors (Lipinski definition) is 1. The first-order valence-electron chi connectivity index (χ1n) is 4.59. The monoisotopic (exact) mass is 167 g/mol. The summed E-state index contributed by atoms with van der Waals surface area (Å²) in [5, 5.41) is 0. The summed E-state index contributed by atoms with van der Waals surface area (Å²) in [5.41, 5.74) is 3.99. The minimum Gasteiger partial charge on any atom is -0.381 e. The lowest BCUT2D eigenvalue weighted by molar-refractivity contribution is 0.487. The summed E-state index contributed by atoms with van der Waals surface area (Å²) in [6, 6.07) is 0. The lowest BCUT2D eigenvalue weighted by atomic mass is 10.0. The van der Waals surface area contributed by atoms with E-state index in [1.54, 1.807) is 0 Å². The Labute approximate surface area is 76.8 Å². The van der Waals surface area contributed by atoms with Gasteiger partial charge in [-0.3, -0.25) is 0 Å². The fourth-order valence-electron chi connectivity index (χ4n) is 1.39. The summed E-state index contributed by atoms with van der Waals surface area (Å²) >= 11 is 0. The molecule has 0 bridgehead atoms. The predicted molar refractivity (Wildman–Crippen MR) is 56.1 cm³/mol. The van der Waals surface area contributed by atoms with Gasteiger partial charge in [-0.25, -0.2) is 0 Å². The van der Waals surface area contributed by atoms with E-state index in [-0.39, 0.29) is 0 Å². The molecule has 0 N–H and O–H groups in total. The summed E-state index contributed by atoms with van der Waals surface area (Å²) in [6.07, 6.45) is 2.13. The molecule has 0 heterocycles. The van der Waals surface area contributed by atoms with Gasteiger partial charge in [-0.2, -0.15) is 0 Å². The van der Waals surface area contributed by atoms with Gasteiger partial charge in [0.05, 0.1) is 0 Å². The zero-order valence-electron chi connectivity index (χ0n) is 9.07. The van der Waals surface area contributed by atoms with Crippen molar-refractivity contribution in [3.05, 3.63) is 23.4 Å². The van der Waals surface area contributed by atoms with Crippen LogP contribution in [0, 0.1) is 0 Å². The lowest BCUT2D eigenvalue weighted by Gasteiger charge is -2.20. The molecule has 0 aromatic carbocycles. The average molecular weight is 167 g/mol. The van der Waals surface area contributed by atoms with Crippen LogP contribution in [0.25, 0.3) is 0 Å². The second kappa shape index (κ2) is 5.02. The molecule has 70 valence electrons. The van der Waals surface area contributed by atoms with E-state index in [0.717, 1.165) is 12.8 Å². The van der Waals surface area contributed by atoms with Crippen molar-refractivity contribution in [2.45, 2.75) is 33.6 Å². The molecule has 0 unspecified atom stereocenters. The van der Waals surface area contributed by atoms with E-state index in [4.69, 9.17) is 0 Å². The fraction of sp³-hybridized carbons (Fsp3) is 0.636. The molecule has 0 atom stereocenters. The van der Waals surface area contributed by atoms with Gasteiger partial charge in [0.1, 0.15) is 0 Å². The largest absolute Gasteiger partial charge is 0.381 e. The molecule has 0 amide bonds. The molecule has 0 saturated carbocycles. The molecule has 0 aromatic heterocycles. The van der Waals surface area contributed by atoms with Gasteiger partial charge in [-0.1, -0.05) is 26.0 Å². The van der Waals surface area contributed by atoms with Crippen molar-refractivity contribution in [3.8, 4) is 0 Å². The Hall–Kier alpha value is -0.720. The minimum absolute atomic E-state index is 1.04. The quantitative estimate of drug-likeness (QED) is 0.581. The first kappa shape index (κ1) is 11.3. The van der Waals surface area contributed by atoms with Crippen molar-refractivity contribution < 1.29 is 0 Å². The van der Waals surface area contributed by atoms with Crippen molar-refractivity contribution in [2.75, 3.05) is 14.1 Å². The summed E-state index contributed by atoms with van der Waals surface area (Å²) < 4.78 is 0. The Bertz CT molecular complexity index is 187. The Balaban J connectivity index is 4.71. The first-order chi connectivity index (χ1) is 5.54. The maximum Gasteiger partial charge on any atom is 0.0157 e. The van der Waals surface area contributed by atoms with E-state index in [2.05, 4.69) is 46.3 Å². The molecule has 0 aliphatic rings. The van der Waals surface area contributed by atoms with Gasteiger partial charge in [-0.15, -0.1) is 0 Å². The molecule has 0 spiro atoms. The summed E-state index contributed by atoms with van der Waals surface area (Å²) in [5.74, 6) is 0. The SMILES string of the molecule is C=C(CC)/C(C)=C(/CC)N(C)C. The zero-order chi connectivity index (χ0) is 9.72. The molecule has 1 heteroatoms. The van der Waals surface area contributed by atoms with Gasteiger partial charge in [0, 0.05) is 19.8 Å². The van der Waals surface area contributed by atoms with Crippen LogP contribution in [0.1, 0.15) is 33.6 Å². The molecule has 0 aliphatic heterocycles. The van der Waals surface area contributed by atoms with Crippen LogP contribution in [-0.2, 0) is 0 Å². The van der Waals surface area contributed by atoms with E-state index in [1.807, 2.05) is 0 Å². The van der Waals surface area contributed by atoms with Gasteiger partial charge in [-0.05, 0) is 25.3 Å². The zero-order valence-corrected chi connectivity index (χ0v) is 9.07. The Morgan fingerprint density at radius 2 is 1.67 bits per heavy atom. The average Bonchev–Trinajstić information content (AvgIpc) is 2.03. The standard InChI is InChI=1S/C11H21N/c1-7-9(3)10(4)11(8-2)12(5)6/h3,7-8H2,1-2,4-6H3/b11-10-. The molecule has 0 fully saturated rings. The van der Waals surface area contributed by atoms with E-state index >= 15 is 0 Å². The molecule has 0 rings (SSSR count). The van der Waals surface area contributed by atoms with Gasteiger partial charge >= 0.3 is 0 Å². The van der Waals surface area contributed by atoms with Gasteiger partial charge in [0.15, 0.2) is 0 Å². The highest BCUT2D eigenvalue weighted by Gasteiger charge is 2.03. The third-order valence-corrected chi connectivity index (χ3v) is 2.26. The lowest BCUT2D eigenvalue weighted by Crippen LogP contribution is -2.12. The van der Waals surface area contributed by atoms with Crippen molar-refractivity contribution >= 4 is 0 Å². The molecule has 0 aromatic rings. The summed E-state index contributed by atoms with van der Waals surface area (Å²) in [7, 11) is 4.18. The van der Waals surface area contributed by atoms with Crippen molar-refractivity contribution in [1.82, 2.24) is 4.90 Å². The number of allylic oxidation sites excluding steroid dienone is 3. The second-order valence-electron chi connectivity index (χ2n) is 3.28. The van der Waals surface area contributed by atoms with E-state index in [0.29, 0.717) is 0 Å². The van der Waals surface area contributed by atoms with E-state index in [9.17, 15) is 0 Å². The highest BCUT2D eigenvalue weighted by molar-refractivity contribution is 5.30. The van der Waals surface area contributed by atoms with Crippen LogP contribution in [0.2, 0.25) is 0 Å². The van der Waals surface area contributed by atoms with Gasteiger partial charge in [0.2, 0.25) is 0 Å². The third kappa shape index (κ3) is 2.72. The van der Waals surface area contributed by atoms with Crippen LogP contribution >= 0.6 is 0 Å². The molecular weight excluding hydrogens is 146 g/mol. The number of hydrogen-bond donors (Lipinski definition) is 0. The molecule has 1 nitrogen and oxygen atoms in total. The Morgan fingerprint density at radius 1 is 1.17 bits per heavy atom. The van der Waals surface area contributed by atoms with Gasteiger partial charge < -0.3 is 4.90 Å². The molecule has 0 saturated heterocycles. The second-order valence-corrected chi connectivity index (χ2v) is 3.28. The smallest absolute Gasteiger partial charge is 0.0157 e. The molecular formula is C11H21N. The first-order valence-corrected chi connectivity index (χ1v) is 4.59. The van der Waals surface area contributed by atoms with Crippen LogP contribution in [0.4, 0.5) is 0 Å². The normalized spacial score (nSPS) is 12.4. The Morgan fingerprint density at radius 3 is 1.92 bits per heavy atom. The topological polar surface area (TPSA) is 3.24 Å². The maximum absolute atomic E-state index is 4.04. The van der Waals surface area contributed by atoms with Crippen LogP contribution in [-0.4, -0.2) is 19.0 Å². The Kier molecular flexibility index (Phi) is 4.72. The van der Waals surface area contributed by atoms with Gasteiger partial charge in [0.25, 0.3) is 0 Å².